The Bertz CT molecular complexity index is 1440. The Balaban J connectivity index is 1.75. The lowest BCUT2D eigenvalue weighted by molar-refractivity contribution is -0.142. The van der Waals surface area contributed by atoms with Gasteiger partial charge in [0, 0.05) is 12.1 Å². The van der Waals surface area contributed by atoms with Crippen molar-refractivity contribution in [2.45, 2.75) is 58.7 Å². The number of aromatic nitrogens is 3. The second-order valence-corrected chi connectivity index (χ2v) is 10.4. The molecule has 39 heavy (non-hydrogen) atoms. The molecule has 1 heterocycles. The molecule has 0 aliphatic rings. The molecule has 2 amide bonds. The van der Waals surface area contributed by atoms with E-state index in [1.165, 1.54) is 0 Å². The summed E-state index contributed by atoms with van der Waals surface area (Å²) in [6, 6.07) is 22.1. The Hall–Kier alpha value is -4.20. The third-order valence-electron chi connectivity index (χ3n) is 7.22. The highest BCUT2D eigenvalue weighted by atomic mass is 16.5. The van der Waals surface area contributed by atoms with Gasteiger partial charge in [0.25, 0.3) is 0 Å². The zero-order valence-electron chi connectivity index (χ0n) is 23.3. The van der Waals surface area contributed by atoms with Gasteiger partial charge in [0.1, 0.15) is 23.9 Å². The number of carbonyl (C=O) groups is 2. The number of nitrogens with zero attached hydrogens (tertiary/aromatic N) is 4. The number of carbonyl (C=O) groups excluding carboxylic acids is 2. The zero-order valence-corrected chi connectivity index (χ0v) is 23.3. The van der Waals surface area contributed by atoms with Gasteiger partial charge in [0.05, 0.1) is 12.6 Å². The van der Waals surface area contributed by atoms with Crippen LogP contribution in [0.25, 0.3) is 11.0 Å². The summed E-state index contributed by atoms with van der Waals surface area (Å²) in [5.74, 6) is 0.154. The number of rotatable bonds is 11. The number of methoxy groups -OCH3 is 1. The van der Waals surface area contributed by atoms with Crippen LogP contribution in [-0.2, 0) is 22.6 Å². The first-order valence-electron chi connectivity index (χ1n) is 13.3. The van der Waals surface area contributed by atoms with Crippen LogP contribution in [0.5, 0.6) is 5.75 Å². The first-order chi connectivity index (χ1) is 18.7. The number of fused-ring (bicyclic) bond motifs is 1. The number of ether oxygens (including phenoxy) is 1. The maximum Gasteiger partial charge on any atom is 0.247 e. The van der Waals surface area contributed by atoms with E-state index in [0.717, 1.165) is 23.1 Å². The number of hydrogen-bond donors (Lipinski definition) is 1. The molecule has 0 aliphatic heterocycles. The molecule has 204 valence electrons. The number of para-hydroxylation sites is 1. The van der Waals surface area contributed by atoms with Crippen LogP contribution in [0.15, 0.2) is 72.8 Å². The van der Waals surface area contributed by atoms with Gasteiger partial charge < -0.3 is 15.0 Å². The van der Waals surface area contributed by atoms with Crippen molar-refractivity contribution >= 4 is 22.8 Å². The molecule has 8 heteroatoms. The number of nitrogens with one attached hydrogen (secondary N) is 1. The molecule has 0 saturated carbocycles. The maximum absolute atomic E-state index is 14.1. The number of aryl methyl sites for hydroxylation is 1. The molecule has 0 aliphatic carbocycles. The molecule has 0 bridgehead atoms. The van der Waals surface area contributed by atoms with Gasteiger partial charge in [0.15, 0.2) is 0 Å². The fourth-order valence-corrected chi connectivity index (χ4v) is 4.56. The predicted molar refractivity (Wildman–Crippen MR) is 152 cm³/mol. The van der Waals surface area contributed by atoms with E-state index in [1.807, 2.05) is 81.4 Å². The third-order valence-corrected chi connectivity index (χ3v) is 7.22. The van der Waals surface area contributed by atoms with Gasteiger partial charge in [0.2, 0.25) is 11.8 Å². The minimum Gasteiger partial charge on any atom is -0.497 e. The summed E-state index contributed by atoms with van der Waals surface area (Å²) in [6.07, 6.45) is 1.34. The number of benzene rings is 3. The molecule has 3 aromatic carbocycles. The Labute approximate surface area is 230 Å². The molecule has 1 atom stereocenters. The van der Waals surface area contributed by atoms with Gasteiger partial charge in [-0.2, -0.15) is 0 Å². The summed E-state index contributed by atoms with van der Waals surface area (Å²) in [5, 5.41) is 11.6. The molecule has 0 spiro atoms. The Morgan fingerprint density at radius 1 is 1.05 bits per heavy atom. The lowest BCUT2D eigenvalue weighted by atomic mass is 9.97. The monoisotopic (exact) mass is 527 g/mol. The van der Waals surface area contributed by atoms with Gasteiger partial charge in [-0.15, -0.1) is 5.10 Å². The van der Waals surface area contributed by atoms with Gasteiger partial charge in [-0.05, 0) is 74.6 Å². The summed E-state index contributed by atoms with van der Waals surface area (Å²) in [7, 11) is 1.59. The van der Waals surface area contributed by atoms with Crippen molar-refractivity contribution in [3.05, 3.63) is 89.5 Å². The quantitative estimate of drug-likeness (QED) is 0.301. The molecule has 0 radical (unpaired) electrons. The van der Waals surface area contributed by atoms with Gasteiger partial charge in [-0.3, -0.25) is 9.59 Å². The van der Waals surface area contributed by atoms with Crippen molar-refractivity contribution in [3.63, 3.8) is 0 Å². The van der Waals surface area contributed by atoms with E-state index in [1.54, 1.807) is 16.7 Å². The predicted octanol–water partition coefficient (Wildman–Crippen LogP) is 4.87. The smallest absolute Gasteiger partial charge is 0.247 e. The van der Waals surface area contributed by atoms with Gasteiger partial charge >= 0.3 is 0 Å². The van der Waals surface area contributed by atoms with Crippen LogP contribution in [0.2, 0.25) is 0 Å². The van der Waals surface area contributed by atoms with Crippen molar-refractivity contribution in [2.75, 3.05) is 13.7 Å². The van der Waals surface area contributed by atoms with E-state index >= 15 is 0 Å². The molecule has 8 nitrogen and oxygen atoms in total. The number of amides is 2. The maximum atomic E-state index is 14.1. The molecule has 0 fully saturated rings. The molecule has 0 unspecified atom stereocenters. The topological polar surface area (TPSA) is 89.4 Å². The van der Waals surface area contributed by atoms with Crippen molar-refractivity contribution < 1.29 is 14.3 Å². The molecular formula is C31H37N5O3. The van der Waals surface area contributed by atoms with Crippen LogP contribution in [0.3, 0.4) is 0 Å². The lowest BCUT2D eigenvalue weighted by Crippen LogP contribution is -2.51. The fraction of sp³-hybridized carbons (Fsp3) is 0.355. The van der Waals surface area contributed by atoms with E-state index in [4.69, 9.17) is 4.74 Å². The van der Waals surface area contributed by atoms with Crippen LogP contribution < -0.4 is 10.1 Å². The molecule has 4 aromatic rings. The van der Waals surface area contributed by atoms with Crippen LogP contribution in [-0.4, -0.2) is 50.9 Å². The summed E-state index contributed by atoms with van der Waals surface area (Å²) in [5.41, 5.74) is 3.98. The highest BCUT2D eigenvalue weighted by Gasteiger charge is 2.34. The van der Waals surface area contributed by atoms with E-state index < -0.39 is 11.6 Å². The minimum atomic E-state index is -0.864. The van der Waals surface area contributed by atoms with Crippen molar-refractivity contribution in [1.82, 2.24) is 25.2 Å². The summed E-state index contributed by atoms with van der Waals surface area (Å²) < 4.78 is 7.06. The first kappa shape index (κ1) is 27.8. The van der Waals surface area contributed by atoms with Crippen molar-refractivity contribution in [2.24, 2.45) is 0 Å². The number of hydrogen-bond acceptors (Lipinski definition) is 5. The third kappa shape index (κ3) is 6.63. The molecular weight excluding hydrogens is 490 g/mol. The second kappa shape index (κ2) is 12.1. The largest absolute Gasteiger partial charge is 0.497 e. The molecule has 1 N–H and O–H groups in total. The molecule has 4 rings (SSSR count). The Morgan fingerprint density at radius 2 is 1.79 bits per heavy atom. The average molecular weight is 528 g/mol. The fourth-order valence-electron chi connectivity index (χ4n) is 4.56. The lowest BCUT2D eigenvalue weighted by Gasteiger charge is -2.35. The minimum absolute atomic E-state index is 0.0425. The highest BCUT2D eigenvalue weighted by molar-refractivity contribution is 5.89. The van der Waals surface area contributed by atoms with Crippen LogP contribution in [0.4, 0.5) is 0 Å². The van der Waals surface area contributed by atoms with Crippen LogP contribution in [0.1, 0.15) is 49.9 Å². The van der Waals surface area contributed by atoms with Gasteiger partial charge in [-0.1, -0.05) is 60.7 Å². The Morgan fingerprint density at radius 3 is 2.54 bits per heavy atom. The summed E-state index contributed by atoms with van der Waals surface area (Å²) in [6.45, 7) is 8.34. The second-order valence-electron chi connectivity index (χ2n) is 10.4. The normalized spacial score (nSPS) is 12.2. The Kier molecular flexibility index (Phi) is 8.64. The highest BCUT2D eigenvalue weighted by Crippen LogP contribution is 2.27. The van der Waals surface area contributed by atoms with Crippen molar-refractivity contribution in [1.29, 1.82) is 0 Å². The van der Waals surface area contributed by atoms with Gasteiger partial charge in [-0.25, -0.2) is 4.68 Å². The SMILES string of the molecule is CCC(C)(C)NC(=O)[C@@H](c1cccc(OC)c1)N(CCc1ccccc1C)C(=O)Cn1nnc2ccccc21. The van der Waals surface area contributed by atoms with E-state index in [0.29, 0.717) is 29.8 Å². The molecule has 1 aromatic heterocycles. The zero-order chi connectivity index (χ0) is 28.0. The van der Waals surface area contributed by atoms with E-state index in [9.17, 15) is 9.59 Å². The summed E-state index contributed by atoms with van der Waals surface area (Å²) >= 11 is 0. The molecule has 0 saturated heterocycles. The first-order valence-corrected chi connectivity index (χ1v) is 13.3. The van der Waals surface area contributed by atoms with E-state index in [-0.39, 0.29) is 18.4 Å². The van der Waals surface area contributed by atoms with Crippen LogP contribution >= 0.6 is 0 Å². The van der Waals surface area contributed by atoms with Crippen molar-refractivity contribution in [3.8, 4) is 5.75 Å². The summed E-state index contributed by atoms with van der Waals surface area (Å²) in [4.78, 5) is 29.7. The standard InChI is InChI=1S/C31H37N5O3/c1-6-31(3,4)32-30(38)29(24-14-11-15-25(20-24)39-5)35(19-18-23-13-8-7-12-22(23)2)28(37)21-36-27-17-10-9-16-26(27)33-34-36/h7-17,20,29H,6,18-19,21H2,1-5H3,(H,32,38)/t29-/m1/s1. The van der Waals surface area contributed by atoms with E-state index in [2.05, 4.69) is 34.7 Å². The van der Waals surface area contributed by atoms with Crippen LogP contribution in [0, 0.1) is 6.92 Å². The average Bonchev–Trinajstić information content (AvgIpc) is 3.34.